The first-order chi connectivity index (χ1) is 5.95. The first-order valence-electron chi connectivity index (χ1n) is 4.94. The third-order valence-electron chi connectivity index (χ3n) is 3.42. The highest BCUT2D eigenvalue weighted by atomic mass is 32.2. The van der Waals surface area contributed by atoms with Crippen LogP contribution in [0.25, 0.3) is 0 Å². The molecule has 0 nitrogen and oxygen atoms in total. The highest BCUT2D eigenvalue weighted by molar-refractivity contribution is 8.00. The third kappa shape index (κ3) is 0.922. The van der Waals surface area contributed by atoms with Gasteiger partial charge in [-0.1, -0.05) is 11.6 Å². The second kappa shape index (κ2) is 2.66. The maximum absolute atomic E-state index is 2.51. The van der Waals surface area contributed by atoms with Crippen molar-refractivity contribution in [2.75, 3.05) is 11.5 Å². The van der Waals surface area contributed by atoms with Crippen molar-refractivity contribution in [1.29, 1.82) is 0 Å². The fraction of sp³-hybridized carbons (Fsp3) is 0.636. The van der Waals surface area contributed by atoms with Crippen molar-refractivity contribution in [2.24, 2.45) is 5.92 Å². The van der Waals surface area contributed by atoms with Crippen LogP contribution in [0.5, 0.6) is 0 Å². The van der Waals surface area contributed by atoms with Crippen LogP contribution in [0, 0.1) is 5.92 Å². The molecular weight excluding hydrogens is 164 g/mol. The average Bonchev–Trinajstić information content (AvgIpc) is 2.71. The Morgan fingerprint density at radius 1 is 1.33 bits per heavy atom. The predicted molar refractivity (Wildman–Crippen MR) is 54.4 cm³/mol. The number of allylic oxidation sites excluding steroid dienone is 2. The molecule has 3 rings (SSSR count). The fourth-order valence-corrected chi connectivity index (χ4v) is 3.97. The molecule has 1 atom stereocenters. The van der Waals surface area contributed by atoms with Crippen molar-refractivity contribution in [3.63, 3.8) is 0 Å². The van der Waals surface area contributed by atoms with E-state index in [1.54, 1.807) is 11.1 Å². The Morgan fingerprint density at radius 2 is 2.33 bits per heavy atom. The molecule has 1 unspecified atom stereocenters. The number of hydrogen-bond acceptors (Lipinski definition) is 1. The van der Waals surface area contributed by atoms with E-state index in [4.69, 9.17) is 0 Å². The standard InChI is InChI=1S/C11H14S/c1-2-8-4-5-9-6-12-7-11(9)10(8)3-1/h5,8H,1-4,6-7H2. The minimum Gasteiger partial charge on any atom is -0.152 e. The number of hydrogen-bond donors (Lipinski definition) is 0. The maximum atomic E-state index is 2.51. The van der Waals surface area contributed by atoms with E-state index in [1.807, 2.05) is 5.57 Å². The van der Waals surface area contributed by atoms with Crippen LogP contribution in [0.15, 0.2) is 22.8 Å². The second-order valence-electron chi connectivity index (χ2n) is 4.05. The lowest BCUT2D eigenvalue weighted by Crippen LogP contribution is -2.05. The lowest BCUT2D eigenvalue weighted by atomic mass is 9.86. The van der Waals surface area contributed by atoms with Gasteiger partial charge in [-0.15, -0.1) is 0 Å². The molecule has 0 bridgehead atoms. The minimum absolute atomic E-state index is 0.961. The van der Waals surface area contributed by atoms with E-state index in [0.29, 0.717) is 0 Å². The molecule has 1 saturated carbocycles. The van der Waals surface area contributed by atoms with Gasteiger partial charge in [0.2, 0.25) is 0 Å². The summed E-state index contributed by atoms with van der Waals surface area (Å²) in [6.45, 7) is 0. The number of fused-ring (bicyclic) bond motifs is 2. The summed E-state index contributed by atoms with van der Waals surface area (Å²) in [5.41, 5.74) is 5.29. The van der Waals surface area contributed by atoms with Crippen LogP contribution >= 0.6 is 11.8 Å². The van der Waals surface area contributed by atoms with E-state index >= 15 is 0 Å². The van der Waals surface area contributed by atoms with Gasteiger partial charge in [0.15, 0.2) is 0 Å². The SMILES string of the molecule is C1=C2CSCC2=C2CCCC2C1. The molecule has 0 aromatic carbocycles. The van der Waals surface area contributed by atoms with Gasteiger partial charge in [0, 0.05) is 11.5 Å². The van der Waals surface area contributed by atoms with Crippen LogP contribution in [0.4, 0.5) is 0 Å². The molecule has 0 aromatic heterocycles. The van der Waals surface area contributed by atoms with Crippen molar-refractivity contribution in [3.8, 4) is 0 Å². The zero-order chi connectivity index (χ0) is 7.97. The van der Waals surface area contributed by atoms with Crippen LogP contribution in [-0.4, -0.2) is 11.5 Å². The van der Waals surface area contributed by atoms with Gasteiger partial charge in [-0.3, -0.25) is 0 Å². The highest BCUT2D eigenvalue weighted by Crippen LogP contribution is 2.45. The first-order valence-corrected chi connectivity index (χ1v) is 6.09. The summed E-state index contributed by atoms with van der Waals surface area (Å²) in [4.78, 5) is 0. The summed E-state index contributed by atoms with van der Waals surface area (Å²) in [5, 5.41) is 0. The summed E-state index contributed by atoms with van der Waals surface area (Å²) in [5.74, 6) is 3.57. The largest absolute Gasteiger partial charge is 0.152 e. The van der Waals surface area contributed by atoms with E-state index in [-0.39, 0.29) is 0 Å². The van der Waals surface area contributed by atoms with Gasteiger partial charge in [-0.2, -0.15) is 11.8 Å². The second-order valence-corrected chi connectivity index (χ2v) is 5.04. The van der Waals surface area contributed by atoms with E-state index in [0.717, 1.165) is 5.92 Å². The zero-order valence-electron chi connectivity index (χ0n) is 7.31. The van der Waals surface area contributed by atoms with Crippen LogP contribution in [-0.2, 0) is 0 Å². The van der Waals surface area contributed by atoms with E-state index in [9.17, 15) is 0 Å². The van der Waals surface area contributed by atoms with E-state index < -0.39 is 0 Å². The smallest absolute Gasteiger partial charge is 0.0190 e. The van der Waals surface area contributed by atoms with Crippen LogP contribution in [0.2, 0.25) is 0 Å². The Bertz CT molecular complexity index is 273. The van der Waals surface area contributed by atoms with Crippen molar-refractivity contribution in [1.82, 2.24) is 0 Å². The summed E-state index contributed by atoms with van der Waals surface area (Å²) >= 11 is 2.10. The van der Waals surface area contributed by atoms with Crippen molar-refractivity contribution in [2.45, 2.75) is 25.7 Å². The molecule has 3 aliphatic rings. The van der Waals surface area contributed by atoms with Crippen LogP contribution in [0.3, 0.4) is 0 Å². The van der Waals surface area contributed by atoms with Crippen molar-refractivity contribution in [3.05, 3.63) is 22.8 Å². The molecule has 12 heavy (non-hydrogen) atoms. The molecule has 2 aliphatic carbocycles. The molecule has 64 valence electrons. The molecule has 0 amide bonds. The monoisotopic (exact) mass is 178 g/mol. The van der Waals surface area contributed by atoms with Crippen molar-refractivity contribution < 1.29 is 0 Å². The van der Waals surface area contributed by atoms with Gasteiger partial charge in [-0.05, 0) is 42.7 Å². The summed E-state index contributed by atoms with van der Waals surface area (Å²) in [6.07, 6.45) is 8.20. The zero-order valence-corrected chi connectivity index (χ0v) is 8.12. The molecular formula is C11H14S. The third-order valence-corrected chi connectivity index (χ3v) is 4.43. The van der Waals surface area contributed by atoms with Gasteiger partial charge in [0.1, 0.15) is 0 Å². The Kier molecular flexibility index (Phi) is 1.61. The molecule has 1 heteroatoms. The molecule has 0 radical (unpaired) electrons. The van der Waals surface area contributed by atoms with E-state index in [2.05, 4.69) is 17.8 Å². The Balaban J connectivity index is 2.06. The fourth-order valence-electron chi connectivity index (χ4n) is 2.78. The van der Waals surface area contributed by atoms with E-state index in [1.165, 1.54) is 37.2 Å². The molecule has 0 aromatic rings. The quantitative estimate of drug-likeness (QED) is 0.549. The minimum atomic E-state index is 0.961. The van der Waals surface area contributed by atoms with Crippen LogP contribution in [0.1, 0.15) is 25.7 Å². The lowest BCUT2D eigenvalue weighted by molar-refractivity contribution is 0.625. The maximum Gasteiger partial charge on any atom is 0.0190 e. The molecule has 2 fully saturated rings. The van der Waals surface area contributed by atoms with Gasteiger partial charge in [0.25, 0.3) is 0 Å². The summed E-state index contributed by atoms with van der Waals surface area (Å²) < 4.78 is 0. The Morgan fingerprint density at radius 3 is 3.33 bits per heavy atom. The normalized spacial score (nSPS) is 33.3. The van der Waals surface area contributed by atoms with Gasteiger partial charge in [0.05, 0.1) is 0 Å². The van der Waals surface area contributed by atoms with Gasteiger partial charge < -0.3 is 0 Å². The number of thioether (sulfide) groups is 1. The Labute approximate surface area is 78.1 Å². The predicted octanol–water partition coefficient (Wildman–Crippen LogP) is 3.16. The summed E-state index contributed by atoms with van der Waals surface area (Å²) in [6, 6.07) is 0. The van der Waals surface area contributed by atoms with Gasteiger partial charge in [-0.25, -0.2) is 0 Å². The van der Waals surface area contributed by atoms with Crippen LogP contribution < -0.4 is 0 Å². The molecule has 0 N–H and O–H groups in total. The molecule has 1 heterocycles. The summed E-state index contributed by atoms with van der Waals surface area (Å²) in [7, 11) is 0. The molecule has 1 saturated heterocycles. The average molecular weight is 178 g/mol. The molecule has 0 spiro atoms. The number of rotatable bonds is 0. The topological polar surface area (TPSA) is 0 Å². The first kappa shape index (κ1) is 7.25. The van der Waals surface area contributed by atoms with Crippen molar-refractivity contribution >= 4 is 11.8 Å². The molecule has 1 aliphatic heterocycles. The lowest BCUT2D eigenvalue weighted by Gasteiger charge is -2.19. The highest BCUT2D eigenvalue weighted by Gasteiger charge is 2.29. The Hall–Kier alpha value is -0.170. The van der Waals surface area contributed by atoms with Gasteiger partial charge >= 0.3 is 0 Å².